The van der Waals surface area contributed by atoms with Gasteiger partial charge in [-0.2, -0.15) is 0 Å². The summed E-state index contributed by atoms with van der Waals surface area (Å²) >= 11 is 6.27. The average Bonchev–Trinajstić information content (AvgIpc) is 3.01. The van der Waals surface area contributed by atoms with Crippen molar-refractivity contribution >= 4 is 29.9 Å². The van der Waals surface area contributed by atoms with E-state index in [1.54, 1.807) is 6.07 Å². The molecule has 21 heavy (non-hydrogen) atoms. The summed E-state index contributed by atoms with van der Waals surface area (Å²) in [6.45, 7) is 2.14. The van der Waals surface area contributed by atoms with Crippen LogP contribution in [0.1, 0.15) is 22.0 Å². The van der Waals surface area contributed by atoms with E-state index in [-0.39, 0.29) is 24.4 Å². The number of rotatable bonds is 2. The van der Waals surface area contributed by atoms with Gasteiger partial charge in [-0.3, -0.25) is 4.79 Å². The lowest BCUT2D eigenvalue weighted by atomic mass is 10.0. The highest BCUT2D eigenvalue weighted by atomic mass is 35.5. The van der Waals surface area contributed by atoms with E-state index in [1.807, 2.05) is 29.2 Å². The summed E-state index contributed by atoms with van der Waals surface area (Å²) in [4.78, 5) is 14.4. The van der Waals surface area contributed by atoms with Crippen LogP contribution >= 0.6 is 24.0 Å². The molecule has 112 valence electrons. The minimum Gasteiger partial charge on any atom is -0.472 e. The lowest BCUT2D eigenvalue weighted by Crippen LogP contribution is -2.48. The number of amides is 1. The van der Waals surface area contributed by atoms with Crippen molar-refractivity contribution in [2.75, 3.05) is 19.6 Å². The fourth-order valence-electron chi connectivity index (χ4n) is 2.52. The monoisotopic (exact) mass is 326 g/mol. The maximum Gasteiger partial charge on any atom is 0.257 e. The third kappa shape index (κ3) is 3.23. The quantitative estimate of drug-likeness (QED) is 0.922. The topological polar surface area (TPSA) is 45.5 Å². The Kier molecular flexibility index (Phi) is 5.28. The maximum absolute atomic E-state index is 12.6. The molecule has 1 atom stereocenters. The molecule has 4 nitrogen and oxygen atoms in total. The first-order valence-electron chi connectivity index (χ1n) is 6.55. The van der Waals surface area contributed by atoms with E-state index in [2.05, 4.69) is 5.32 Å². The van der Waals surface area contributed by atoms with Gasteiger partial charge in [0.15, 0.2) is 0 Å². The molecule has 2 heterocycles. The molecule has 1 aliphatic heterocycles. The van der Waals surface area contributed by atoms with E-state index >= 15 is 0 Å². The van der Waals surface area contributed by atoms with Gasteiger partial charge in [0.1, 0.15) is 6.26 Å². The first-order valence-corrected chi connectivity index (χ1v) is 6.93. The Morgan fingerprint density at radius 2 is 2.14 bits per heavy atom. The summed E-state index contributed by atoms with van der Waals surface area (Å²) in [5.74, 6) is -0.0230. The van der Waals surface area contributed by atoms with Crippen LogP contribution in [0.15, 0.2) is 47.3 Å². The summed E-state index contributed by atoms with van der Waals surface area (Å²) in [5.41, 5.74) is 1.54. The number of furan rings is 1. The van der Waals surface area contributed by atoms with Gasteiger partial charge >= 0.3 is 0 Å². The number of benzene rings is 1. The molecule has 0 spiro atoms. The Labute approximate surface area is 134 Å². The first kappa shape index (κ1) is 15.9. The highest BCUT2D eigenvalue weighted by Gasteiger charge is 2.30. The summed E-state index contributed by atoms with van der Waals surface area (Å²) in [7, 11) is 0. The molecular formula is C15H16Cl2N2O2. The van der Waals surface area contributed by atoms with Crippen molar-refractivity contribution in [2.45, 2.75) is 6.04 Å². The highest BCUT2D eigenvalue weighted by molar-refractivity contribution is 6.31. The van der Waals surface area contributed by atoms with Crippen LogP contribution in [-0.2, 0) is 0 Å². The number of hydrogen-bond acceptors (Lipinski definition) is 3. The lowest BCUT2D eigenvalue weighted by Gasteiger charge is -2.36. The zero-order chi connectivity index (χ0) is 13.9. The van der Waals surface area contributed by atoms with E-state index in [4.69, 9.17) is 16.0 Å². The van der Waals surface area contributed by atoms with Crippen molar-refractivity contribution in [1.29, 1.82) is 0 Å². The third-order valence-electron chi connectivity index (χ3n) is 3.54. The van der Waals surface area contributed by atoms with Crippen molar-refractivity contribution < 1.29 is 9.21 Å². The van der Waals surface area contributed by atoms with Crippen LogP contribution in [-0.4, -0.2) is 30.4 Å². The van der Waals surface area contributed by atoms with Crippen molar-refractivity contribution in [3.63, 3.8) is 0 Å². The van der Waals surface area contributed by atoms with Gasteiger partial charge in [0, 0.05) is 24.7 Å². The van der Waals surface area contributed by atoms with Gasteiger partial charge in [-0.05, 0) is 17.7 Å². The van der Waals surface area contributed by atoms with E-state index < -0.39 is 0 Å². The van der Waals surface area contributed by atoms with Crippen LogP contribution in [0.5, 0.6) is 0 Å². The van der Waals surface area contributed by atoms with Gasteiger partial charge < -0.3 is 14.6 Å². The van der Waals surface area contributed by atoms with Gasteiger partial charge in [0.05, 0.1) is 17.9 Å². The predicted molar refractivity (Wildman–Crippen MR) is 84.1 cm³/mol. The van der Waals surface area contributed by atoms with Crippen molar-refractivity contribution in [2.24, 2.45) is 0 Å². The smallest absolute Gasteiger partial charge is 0.257 e. The van der Waals surface area contributed by atoms with E-state index in [9.17, 15) is 4.79 Å². The van der Waals surface area contributed by atoms with Gasteiger partial charge in [0.25, 0.3) is 5.91 Å². The molecule has 0 aliphatic carbocycles. The molecule has 1 aromatic carbocycles. The number of halogens is 2. The Morgan fingerprint density at radius 3 is 2.86 bits per heavy atom. The Balaban J connectivity index is 0.00000161. The molecular weight excluding hydrogens is 311 g/mol. The number of nitrogens with zero attached hydrogens (tertiary/aromatic N) is 1. The average molecular weight is 327 g/mol. The minimum atomic E-state index is -0.0557. The molecule has 1 aliphatic rings. The van der Waals surface area contributed by atoms with Crippen LogP contribution in [0.25, 0.3) is 0 Å². The van der Waals surface area contributed by atoms with Crippen molar-refractivity contribution in [1.82, 2.24) is 10.2 Å². The fourth-order valence-corrected chi connectivity index (χ4v) is 2.78. The molecule has 6 heteroatoms. The van der Waals surface area contributed by atoms with Crippen molar-refractivity contribution in [3.05, 3.63) is 59.0 Å². The second-order valence-electron chi connectivity index (χ2n) is 4.75. The number of carbonyl (C=O) groups is 1. The molecule has 1 unspecified atom stereocenters. The van der Waals surface area contributed by atoms with Crippen molar-refractivity contribution in [3.8, 4) is 0 Å². The van der Waals surface area contributed by atoms with Crippen LogP contribution in [0, 0.1) is 0 Å². The number of hydrogen-bond donors (Lipinski definition) is 1. The van der Waals surface area contributed by atoms with Crippen LogP contribution in [0.4, 0.5) is 0 Å². The second-order valence-corrected chi connectivity index (χ2v) is 5.16. The van der Waals surface area contributed by atoms with E-state index in [1.165, 1.54) is 12.5 Å². The Bertz CT molecular complexity index is 601. The van der Waals surface area contributed by atoms with Gasteiger partial charge in [0.2, 0.25) is 0 Å². The first-order chi connectivity index (χ1) is 9.77. The molecule has 0 radical (unpaired) electrons. The summed E-state index contributed by atoms with van der Waals surface area (Å²) in [5, 5.41) is 4.00. The number of piperazine rings is 1. The van der Waals surface area contributed by atoms with E-state index in [0.29, 0.717) is 23.7 Å². The highest BCUT2D eigenvalue weighted by Crippen LogP contribution is 2.29. The molecule has 1 aromatic heterocycles. The second kappa shape index (κ2) is 6.98. The zero-order valence-electron chi connectivity index (χ0n) is 11.3. The molecule has 1 saturated heterocycles. The summed E-state index contributed by atoms with van der Waals surface area (Å²) in [6.07, 6.45) is 2.99. The molecule has 1 N–H and O–H groups in total. The fraction of sp³-hybridized carbons (Fsp3) is 0.267. The molecule has 2 aromatic rings. The summed E-state index contributed by atoms with van der Waals surface area (Å²) in [6, 6.07) is 9.29. The van der Waals surface area contributed by atoms with Crippen LogP contribution in [0.2, 0.25) is 5.02 Å². The van der Waals surface area contributed by atoms with Gasteiger partial charge in [-0.25, -0.2) is 0 Å². The standard InChI is InChI=1S/C15H15ClN2O2.ClH/c16-13-4-2-1-3-12(13)14-9-17-6-7-18(14)15(19)11-5-8-20-10-11;/h1-5,8,10,14,17H,6-7,9H2;1H. The van der Waals surface area contributed by atoms with Crippen LogP contribution in [0.3, 0.4) is 0 Å². The third-order valence-corrected chi connectivity index (χ3v) is 3.88. The Hall–Kier alpha value is -1.49. The lowest BCUT2D eigenvalue weighted by molar-refractivity contribution is 0.0634. The van der Waals surface area contributed by atoms with E-state index in [0.717, 1.165) is 12.1 Å². The molecule has 0 saturated carbocycles. The summed E-state index contributed by atoms with van der Waals surface area (Å²) < 4.78 is 5.00. The predicted octanol–water partition coefficient (Wildman–Crippen LogP) is 3.14. The molecule has 0 bridgehead atoms. The van der Waals surface area contributed by atoms with Gasteiger partial charge in [-0.1, -0.05) is 29.8 Å². The Morgan fingerprint density at radius 1 is 1.33 bits per heavy atom. The molecule has 3 rings (SSSR count). The maximum atomic E-state index is 12.6. The van der Waals surface area contributed by atoms with Crippen LogP contribution < -0.4 is 5.32 Å². The molecule has 1 fully saturated rings. The normalized spacial score (nSPS) is 18.1. The zero-order valence-corrected chi connectivity index (χ0v) is 12.9. The largest absolute Gasteiger partial charge is 0.472 e. The number of carbonyl (C=O) groups excluding carboxylic acids is 1. The molecule has 1 amide bonds. The SMILES string of the molecule is Cl.O=C(c1ccoc1)N1CCNCC1c1ccccc1Cl. The number of nitrogens with one attached hydrogen (secondary N) is 1. The van der Waals surface area contributed by atoms with Gasteiger partial charge in [-0.15, -0.1) is 12.4 Å². The minimum absolute atomic E-state index is 0.